The molecule has 31 heavy (non-hydrogen) atoms. The molecule has 2 aromatic rings. The fourth-order valence-electron chi connectivity index (χ4n) is 4.00. The number of methoxy groups -OCH3 is 2. The molecule has 2 atom stereocenters. The van der Waals surface area contributed by atoms with Crippen molar-refractivity contribution in [3.05, 3.63) is 59.7 Å². The average Bonchev–Trinajstić information content (AvgIpc) is 3.25. The van der Waals surface area contributed by atoms with Crippen molar-refractivity contribution in [3.63, 3.8) is 0 Å². The predicted molar refractivity (Wildman–Crippen MR) is 112 cm³/mol. The van der Waals surface area contributed by atoms with Crippen LogP contribution in [0.25, 0.3) is 0 Å². The van der Waals surface area contributed by atoms with Crippen molar-refractivity contribution in [2.24, 2.45) is 0 Å². The van der Waals surface area contributed by atoms with Gasteiger partial charge in [0.2, 0.25) is 5.91 Å². The molecule has 0 bridgehead atoms. The van der Waals surface area contributed by atoms with E-state index in [1.54, 1.807) is 30.1 Å². The molecule has 2 heterocycles. The lowest BCUT2D eigenvalue weighted by Gasteiger charge is -2.36. The van der Waals surface area contributed by atoms with Crippen LogP contribution in [0.1, 0.15) is 11.1 Å². The highest BCUT2D eigenvalue weighted by atomic mass is 16.6. The molecule has 2 fully saturated rings. The largest absolute Gasteiger partial charge is 0.497 e. The van der Waals surface area contributed by atoms with E-state index in [0.29, 0.717) is 31.1 Å². The van der Waals surface area contributed by atoms with E-state index in [2.05, 4.69) is 0 Å². The van der Waals surface area contributed by atoms with E-state index in [0.717, 1.165) is 11.1 Å². The van der Waals surface area contributed by atoms with Gasteiger partial charge in [-0.25, -0.2) is 4.79 Å². The highest BCUT2D eigenvalue weighted by Gasteiger charge is 2.45. The maximum absolute atomic E-state index is 12.7. The van der Waals surface area contributed by atoms with Gasteiger partial charge in [-0.2, -0.15) is 0 Å². The lowest BCUT2D eigenvalue weighted by atomic mass is 10.1. The Hall–Kier alpha value is -3.26. The smallest absolute Gasteiger partial charge is 0.410 e. The van der Waals surface area contributed by atoms with Crippen LogP contribution in [0.5, 0.6) is 11.5 Å². The SMILES string of the molecule is COc1ccc(CN2C(=O)CO[C@H]3CN(C(=O)OCc4ccccc4)C[C@@H]32)c(OC)c1. The zero-order chi connectivity index (χ0) is 21.8. The molecule has 2 aliphatic heterocycles. The molecule has 2 amide bonds. The number of benzene rings is 2. The Bertz CT molecular complexity index is 935. The van der Waals surface area contributed by atoms with Crippen LogP contribution >= 0.6 is 0 Å². The molecule has 164 valence electrons. The molecule has 0 radical (unpaired) electrons. The molecule has 2 aromatic carbocycles. The zero-order valence-electron chi connectivity index (χ0n) is 17.7. The Morgan fingerprint density at radius 1 is 1.10 bits per heavy atom. The molecule has 0 aromatic heterocycles. The van der Waals surface area contributed by atoms with E-state index in [4.69, 9.17) is 18.9 Å². The van der Waals surface area contributed by atoms with Crippen LogP contribution in [-0.2, 0) is 27.4 Å². The van der Waals surface area contributed by atoms with Crippen molar-refractivity contribution < 1.29 is 28.5 Å². The van der Waals surface area contributed by atoms with Crippen molar-refractivity contribution in [1.29, 1.82) is 0 Å². The summed E-state index contributed by atoms with van der Waals surface area (Å²) in [4.78, 5) is 28.6. The summed E-state index contributed by atoms with van der Waals surface area (Å²) in [5, 5.41) is 0. The monoisotopic (exact) mass is 426 g/mol. The van der Waals surface area contributed by atoms with Crippen LogP contribution in [0, 0.1) is 0 Å². The number of carbonyl (C=O) groups excluding carboxylic acids is 2. The second-order valence-corrected chi connectivity index (χ2v) is 7.56. The highest BCUT2D eigenvalue weighted by Crippen LogP contribution is 2.30. The summed E-state index contributed by atoms with van der Waals surface area (Å²) < 4.78 is 21.9. The van der Waals surface area contributed by atoms with Gasteiger partial charge < -0.3 is 28.7 Å². The Balaban J connectivity index is 1.43. The summed E-state index contributed by atoms with van der Waals surface area (Å²) in [5.74, 6) is 1.21. The molecule has 4 rings (SSSR count). The summed E-state index contributed by atoms with van der Waals surface area (Å²) in [6.07, 6.45) is -0.650. The quantitative estimate of drug-likeness (QED) is 0.706. The Labute approximate surface area is 181 Å². The molecule has 0 aliphatic carbocycles. The van der Waals surface area contributed by atoms with Crippen LogP contribution < -0.4 is 9.47 Å². The van der Waals surface area contributed by atoms with Gasteiger partial charge in [0.25, 0.3) is 0 Å². The van der Waals surface area contributed by atoms with Gasteiger partial charge >= 0.3 is 6.09 Å². The summed E-state index contributed by atoms with van der Waals surface area (Å²) >= 11 is 0. The minimum absolute atomic E-state index is 0.00740. The van der Waals surface area contributed by atoms with Crippen molar-refractivity contribution in [1.82, 2.24) is 9.80 Å². The van der Waals surface area contributed by atoms with E-state index in [9.17, 15) is 9.59 Å². The van der Waals surface area contributed by atoms with Crippen LogP contribution in [0.2, 0.25) is 0 Å². The number of rotatable bonds is 6. The van der Waals surface area contributed by atoms with E-state index < -0.39 is 6.09 Å². The first-order valence-corrected chi connectivity index (χ1v) is 10.2. The summed E-state index contributed by atoms with van der Waals surface area (Å²) in [6.45, 7) is 1.32. The first-order chi connectivity index (χ1) is 15.1. The molecule has 0 unspecified atom stereocenters. The van der Waals surface area contributed by atoms with E-state index in [-0.39, 0.29) is 31.3 Å². The molecule has 2 saturated heterocycles. The second-order valence-electron chi connectivity index (χ2n) is 7.56. The normalized spacial score (nSPS) is 20.4. The number of amides is 2. The molecule has 8 heteroatoms. The fourth-order valence-corrected chi connectivity index (χ4v) is 4.00. The minimum atomic E-state index is -0.406. The third kappa shape index (κ3) is 4.59. The highest BCUT2D eigenvalue weighted by molar-refractivity contribution is 5.79. The topological polar surface area (TPSA) is 77.5 Å². The maximum Gasteiger partial charge on any atom is 0.410 e. The third-order valence-electron chi connectivity index (χ3n) is 5.68. The van der Waals surface area contributed by atoms with Gasteiger partial charge in [0, 0.05) is 24.7 Å². The summed E-state index contributed by atoms with van der Waals surface area (Å²) in [6, 6.07) is 14.8. The summed E-state index contributed by atoms with van der Waals surface area (Å²) in [7, 11) is 3.18. The van der Waals surface area contributed by atoms with E-state index in [1.807, 2.05) is 42.5 Å². The lowest BCUT2D eigenvalue weighted by Crippen LogP contribution is -2.53. The number of fused-ring (bicyclic) bond motifs is 1. The van der Waals surface area contributed by atoms with Gasteiger partial charge in [0.1, 0.15) is 24.7 Å². The van der Waals surface area contributed by atoms with Crippen molar-refractivity contribution in [2.45, 2.75) is 25.3 Å². The third-order valence-corrected chi connectivity index (χ3v) is 5.68. The minimum Gasteiger partial charge on any atom is -0.497 e. The van der Waals surface area contributed by atoms with Gasteiger partial charge in [-0.15, -0.1) is 0 Å². The zero-order valence-corrected chi connectivity index (χ0v) is 17.7. The number of ether oxygens (including phenoxy) is 4. The van der Waals surface area contributed by atoms with E-state index in [1.165, 1.54) is 0 Å². The molecule has 0 spiro atoms. The van der Waals surface area contributed by atoms with Gasteiger partial charge in [-0.05, 0) is 17.7 Å². The fraction of sp³-hybridized carbons (Fsp3) is 0.391. The number of hydrogen-bond donors (Lipinski definition) is 0. The van der Waals surface area contributed by atoms with Gasteiger partial charge in [-0.1, -0.05) is 30.3 Å². The van der Waals surface area contributed by atoms with Crippen LogP contribution in [0.4, 0.5) is 4.79 Å². The molecule has 2 aliphatic rings. The van der Waals surface area contributed by atoms with Crippen molar-refractivity contribution in [3.8, 4) is 11.5 Å². The van der Waals surface area contributed by atoms with Crippen molar-refractivity contribution >= 4 is 12.0 Å². The van der Waals surface area contributed by atoms with E-state index >= 15 is 0 Å². The maximum atomic E-state index is 12.7. The van der Waals surface area contributed by atoms with Crippen LogP contribution in [0.15, 0.2) is 48.5 Å². The average molecular weight is 426 g/mol. The summed E-state index contributed by atoms with van der Waals surface area (Å²) in [5.41, 5.74) is 1.79. The Morgan fingerprint density at radius 2 is 1.90 bits per heavy atom. The number of nitrogens with zero attached hydrogens (tertiary/aromatic N) is 2. The molecule has 8 nitrogen and oxygen atoms in total. The van der Waals surface area contributed by atoms with Crippen LogP contribution in [-0.4, -0.2) is 67.9 Å². The number of likely N-dealkylation sites (tertiary alicyclic amines) is 1. The number of carbonyl (C=O) groups is 2. The second kappa shape index (κ2) is 9.26. The van der Waals surface area contributed by atoms with Gasteiger partial charge in [0.15, 0.2) is 0 Å². The first-order valence-electron chi connectivity index (χ1n) is 10.2. The van der Waals surface area contributed by atoms with Gasteiger partial charge in [0.05, 0.1) is 32.9 Å². The Morgan fingerprint density at radius 3 is 2.65 bits per heavy atom. The number of hydrogen-bond acceptors (Lipinski definition) is 6. The Kier molecular flexibility index (Phi) is 6.27. The molecule has 0 saturated carbocycles. The van der Waals surface area contributed by atoms with Crippen molar-refractivity contribution in [2.75, 3.05) is 33.9 Å². The molecular weight excluding hydrogens is 400 g/mol. The lowest BCUT2D eigenvalue weighted by molar-refractivity contribution is -0.153. The van der Waals surface area contributed by atoms with Crippen LogP contribution in [0.3, 0.4) is 0 Å². The number of morpholine rings is 1. The first kappa shape index (κ1) is 21.0. The predicted octanol–water partition coefficient (Wildman–Crippen LogP) is 2.45. The molecule has 0 N–H and O–H groups in total. The molecular formula is C23H26N2O6. The van der Waals surface area contributed by atoms with Gasteiger partial charge in [-0.3, -0.25) is 4.79 Å². The standard InChI is InChI=1S/C23H26N2O6/c1-28-18-9-8-17(20(10-18)29-2)11-25-19-12-24(13-21(19)30-15-22(25)26)23(27)31-14-16-6-4-3-5-7-16/h3-10,19,21H,11-15H2,1-2H3/t19-,21-/m0/s1.